The number of nitrogens with one attached hydrogen (secondary N) is 1. The number of imide groups is 1. The lowest BCUT2D eigenvalue weighted by Gasteiger charge is -2.16. The minimum atomic E-state index is -0.537. The molecule has 0 saturated carbocycles. The van der Waals surface area contributed by atoms with E-state index in [2.05, 4.69) is 11.9 Å². The molecule has 178 valence electrons. The molecule has 1 aliphatic heterocycles. The first kappa shape index (κ1) is 24.4. The van der Waals surface area contributed by atoms with Gasteiger partial charge in [-0.1, -0.05) is 41.4 Å². The van der Waals surface area contributed by atoms with Crippen LogP contribution < -0.4 is 19.7 Å². The van der Waals surface area contributed by atoms with Crippen LogP contribution >= 0.6 is 23.2 Å². The monoisotopic (exact) mass is 508 g/mol. The minimum Gasteiger partial charge on any atom is -0.493 e. The van der Waals surface area contributed by atoms with Crippen LogP contribution in [-0.4, -0.2) is 19.0 Å². The van der Waals surface area contributed by atoms with E-state index in [4.69, 9.17) is 32.7 Å². The van der Waals surface area contributed by atoms with Gasteiger partial charge in [-0.2, -0.15) is 0 Å². The van der Waals surface area contributed by atoms with Gasteiger partial charge < -0.3 is 14.8 Å². The third-order valence-electron chi connectivity index (χ3n) is 5.31. The van der Waals surface area contributed by atoms with Crippen LogP contribution in [0.4, 0.5) is 10.5 Å². The molecule has 0 aromatic heterocycles. The van der Waals surface area contributed by atoms with Crippen LogP contribution in [0.2, 0.25) is 10.0 Å². The maximum Gasteiger partial charge on any atom is 0.333 e. The second-order valence-corrected chi connectivity index (χ2v) is 8.60. The van der Waals surface area contributed by atoms with Crippen molar-refractivity contribution in [2.45, 2.75) is 13.0 Å². The Hall–Kier alpha value is -3.74. The number of benzene rings is 3. The van der Waals surface area contributed by atoms with Crippen molar-refractivity contribution in [3.05, 3.63) is 106 Å². The number of halogens is 2. The van der Waals surface area contributed by atoms with Gasteiger partial charge >= 0.3 is 6.03 Å². The second kappa shape index (κ2) is 10.7. The molecule has 35 heavy (non-hydrogen) atoms. The Morgan fingerprint density at radius 1 is 1.00 bits per heavy atom. The number of anilines is 1. The van der Waals surface area contributed by atoms with E-state index in [0.717, 1.165) is 16.0 Å². The largest absolute Gasteiger partial charge is 0.493 e. The van der Waals surface area contributed by atoms with Gasteiger partial charge in [0.1, 0.15) is 12.3 Å². The third kappa shape index (κ3) is 5.50. The highest BCUT2D eigenvalue weighted by Gasteiger charge is 2.34. The molecule has 0 bridgehead atoms. The summed E-state index contributed by atoms with van der Waals surface area (Å²) in [6.07, 6.45) is 3.88. The number of rotatable bonds is 8. The number of methoxy groups -OCH3 is 1. The summed E-state index contributed by atoms with van der Waals surface area (Å²) >= 11 is 11.9. The molecule has 0 spiro atoms. The van der Waals surface area contributed by atoms with Gasteiger partial charge in [-0.05, 0) is 72.2 Å². The lowest BCUT2D eigenvalue weighted by Crippen LogP contribution is -2.30. The maximum atomic E-state index is 13.0. The molecule has 3 amide bonds. The van der Waals surface area contributed by atoms with Crippen molar-refractivity contribution in [3.63, 3.8) is 0 Å². The first-order chi connectivity index (χ1) is 16.9. The highest BCUT2D eigenvalue weighted by atomic mass is 35.5. The first-order valence-electron chi connectivity index (χ1n) is 10.7. The number of ether oxygens (including phenoxy) is 2. The zero-order valence-corrected chi connectivity index (χ0v) is 20.4. The molecular weight excluding hydrogens is 487 g/mol. The molecule has 6 nitrogen and oxygen atoms in total. The number of carbonyl (C=O) groups is 2. The summed E-state index contributed by atoms with van der Waals surface area (Å²) in [5.74, 6) is 0.607. The van der Waals surface area contributed by atoms with E-state index in [1.165, 1.54) is 0 Å². The van der Waals surface area contributed by atoms with Crippen LogP contribution in [0.1, 0.15) is 16.7 Å². The highest BCUT2D eigenvalue weighted by molar-refractivity contribution is 6.31. The van der Waals surface area contributed by atoms with Gasteiger partial charge in [-0.15, -0.1) is 6.58 Å². The van der Waals surface area contributed by atoms with Gasteiger partial charge in [0.2, 0.25) is 0 Å². The van der Waals surface area contributed by atoms with E-state index in [-0.39, 0.29) is 5.70 Å². The van der Waals surface area contributed by atoms with Crippen molar-refractivity contribution in [1.82, 2.24) is 5.32 Å². The normalized spacial score (nSPS) is 14.3. The molecule has 1 N–H and O–H groups in total. The Bertz CT molecular complexity index is 1300. The molecule has 3 aromatic carbocycles. The fourth-order valence-corrected chi connectivity index (χ4v) is 3.90. The van der Waals surface area contributed by atoms with Crippen molar-refractivity contribution in [3.8, 4) is 11.5 Å². The van der Waals surface area contributed by atoms with Gasteiger partial charge in [-0.3, -0.25) is 4.79 Å². The van der Waals surface area contributed by atoms with E-state index in [1.807, 2.05) is 18.2 Å². The smallest absolute Gasteiger partial charge is 0.333 e. The maximum absolute atomic E-state index is 13.0. The van der Waals surface area contributed by atoms with Crippen LogP contribution in [0.5, 0.6) is 11.5 Å². The summed E-state index contributed by atoms with van der Waals surface area (Å²) < 4.78 is 11.7. The van der Waals surface area contributed by atoms with E-state index in [9.17, 15) is 9.59 Å². The minimum absolute atomic E-state index is 0.145. The Labute approximate surface area is 213 Å². The van der Waals surface area contributed by atoms with Crippen molar-refractivity contribution in [2.75, 3.05) is 12.0 Å². The molecule has 3 aromatic rings. The summed E-state index contributed by atoms with van der Waals surface area (Å²) in [6.45, 7) is 4.15. The van der Waals surface area contributed by atoms with Crippen molar-refractivity contribution in [2.24, 2.45) is 0 Å². The van der Waals surface area contributed by atoms with E-state index in [0.29, 0.717) is 45.8 Å². The summed E-state index contributed by atoms with van der Waals surface area (Å²) in [6, 6.07) is 16.9. The summed E-state index contributed by atoms with van der Waals surface area (Å²) in [7, 11) is 1.55. The number of nitrogens with zero attached hydrogens (tertiary/aromatic N) is 1. The van der Waals surface area contributed by atoms with Gasteiger partial charge in [-0.25, -0.2) is 9.69 Å². The number of urea groups is 1. The number of hydrogen-bond donors (Lipinski definition) is 1. The second-order valence-electron chi connectivity index (χ2n) is 7.72. The van der Waals surface area contributed by atoms with Gasteiger partial charge in [0.15, 0.2) is 11.5 Å². The third-order valence-corrected chi connectivity index (χ3v) is 5.81. The predicted octanol–water partition coefficient (Wildman–Crippen LogP) is 6.41. The average molecular weight is 509 g/mol. The van der Waals surface area contributed by atoms with Crippen molar-refractivity contribution < 1.29 is 19.1 Å². The number of amides is 3. The van der Waals surface area contributed by atoms with Crippen molar-refractivity contribution in [1.29, 1.82) is 0 Å². The molecule has 1 fully saturated rings. The quantitative estimate of drug-likeness (QED) is 0.217. The highest BCUT2D eigenvalue weighted by Crippen LogP contribution is 2.35. The molecule has 4 rings (SSSR count). The lowest BCUT2D eigenvalue weighted by molar-refractivity contribution is -0.113. The Kier molecular flexibility index (Phi) is 7.44. The topological polar surface area (TPSA) is 67.9 Å². The summed E-state index contributed by atoms with van der Waals surface area (Å²) in [5.41, 5.74) is 3.02. The van der Waals surface area contributed by atoms with Gasteiger partial charge in [0.05, 0.1) is 12.8 Å². The van der Waals surface area contributed by atoms with Gasteiger partial charge in [0.25, 0.3) is 5.91 Å². The van der Waals surface area contributed by atoms with E-state index >= 15 is 0 Å². The fourth-order valence-electron chi connectivity index (χ4n) is 3.65. The van der Waals surface area contributed by atoms with Crippen LogP contribution in [-0.2, 0) is 17.8 Å². The Balaban J connectivity index is 1.63. The molecule has 8 heteroatoms. The lowest BCUT2D eigenvalue weighted by atomic mass is 10.0. The zero-order valence-electron chi connectivity index (χ0n) is 18.9. The van der Waals surface area contributed by atoms with Crippen LogP contribution in [0.25, 0.3) is 6.08 Å². The Morgan fingerprint density at radius 2 is 1.66 bits per heavy atom. The first-order valence-corrected chi connectivity index (χ1v) is 11.5. The van der Waals surface area contributed by atoms with Crippen molar-refractivity contribution >= 4 is 46.9 Å². The summed E-state index contributed by atoms with van der Waals surface area (Å²) in [4.78, 5) is 26.6. The molecular formula is C27H22Cl2N2O4. The van der Waals surface area contributed by atoms with Crippen LogP contribution in [0.3, 0.4) is 0 Å². The molecule has 1 saturated heterocycles. The standard InChI is InChI=1S/C27H22Cl2N2O4/c1-3-4-19-13-18(15-24(34-2)25(19)35-16-17-5-7-20(28)8-6-17)14-23-26(32)31(27(33)30-23)22-11-9-21(29)10-12-22/h3,5-15H,1,4,16H2,2H3,(H,30,33)/b23-14+. The van der Waals surface area contributed by atoms with Gasteiger partial charge in [0, 0.05) is 15.6 Å². The SMILES string of the molecule is C=CCc1cc(/C=C2/NC(=O)N(c3ccc(Cl)cc3)C2=O)cc(OC)c1OCc1ccc(Cl)cc1. The van der Waals surface area contributed by atoms with Crippen LogP contribution in [0.15, 0.2) is 79.0 Å². The number of carbonyl (C=O) groups excluding carboxylic acids is 2. The molecule has 1 aliphatic rings. The molecule has 0 unspecified atom stereocenters. The number of allylic oxidation sites excluding steroid dienone is 1. The Morgan fingerprint density at radius 3 is 2.29 bits per heavy atom. The van der Waals surface area contributed by atoms with Crippen LogP contribution in [0, 0.1) is 0 Å². The zero-order chi connectivity index (χ0) is 24.9. The van der Waals surface area contributed by atoms with E-state index in [1.54, 1.807) is 61.7 Å². The predicted molar refractivity (Wildman–Crippen MR) is 138 cm³/mol. The fraction of sp³-hybridized carbons (Fsp3) is 0.111. The molecule has 0 aliphatic carbocycles. The molecule has 0 atom stereocenters. The molecule has 1 heterocycles. The number of hydrogen-bond acceptors (Lipinski definition) is 4. The summed E-state index contributed by atoms with van der Waals surface area (Å²) in [5, 5.41) is 3.80. The van der Waals surface area contributed by atoms with E-state index < -0.39 is 11.9 Å². The average Bonchev–Trinajstić information content (AvgIpc) is 3.12. The molecule has 0 radical (unpaired) electrons.